The number of hydrogen-bond acceptors (Lipinski definition) is 2. The van der Waals surface area contributed by atoms with Gasteiger partial charge in [-0.15, -0.1) is 11.3 Å². The van der Waals surface area contributed by atoms with Crippen LogP contribution in [0.4, 0.5) is 0 Å². The summed E-state index contributed by atoms with van der Waals surface area (Å²) in [7, 11) is 0. The van der Waals surface area contributed by atoms with E-state index < -0.39 is 0 Å². The molecule has 0 saturated heterocycles. The lowest BCUT2D eigenvalue weighted by Gasteiger charge is -1.97. The van der Waals surface area contributed by atoms with Crippen LogP contribution in [0.25, 0.3) is 21.5 Å². The fourth-order valence-electron chi connectivity index (χ4n) is 2.50. The number of carbonyl (C=O) groups is 1. The molecule has 3 rings (SSSR count). The number of rotatable bonds is 4. The number of aromatic nitrogens is 1. The highest BCUT2D eigenvalue weighted by molar-refractivity contribution is 7.15. The van der Waals surface area contributed by atoms with E-state index in [4.69, 9.17) is 0 Å². The maximum Gasteiger partial charge on any atom is 0.152 e. The molecule has 102 valence electrons. The van der Waals surface area contributed by atoms with Crippen molar-refractivity contribution in [3.8, 4) is 10.6 Å². The maximum atomic E-state index is 11.5. The second kappa shape index (κ2) is 5.25. The van der Waals surface area contributed by atoms with Crippen molar-refractivity contribution in [2.24, 2.45) is 0 Å². The van der Waals surface area contributed by atoms with E-state index in [9.17, 15) is 4.79 Å². The number of aromatic amines is 1. The standard InChI is InChI=1S/C17H17NOS/c1-3-11-5-7-15-13(9-11)14(10-19)17(18-15)16-8-6-12(4-2)20-16/h5-10,18H,3-4H2,1-2H3. The molecular weight excluding hydrogens is 266 g/mol. The van der Waals surface area contributed by atoms with E-state index in [1.807, 2.05) is 0 Å². The van der Waals surface area contributed by atoms with Crippen LogP contribution in [0, 0.1) is 0 Å². The monoisotopic (exact) mass is 283 g/mol. The molecule has 0 spiro atoms. The van der Waals surface area contributed by atoms with Gasteiger partial charge in [0.15, 0.2) is 6.29 Å². The summed E-state index contributed by atoms with van der Waals surface area (Å²) in [6, 6.07) is 10.5. The topological polar surface area (TPSA) is 32.9 Å². The van der Waals surface area contributed by atoms with Crippen molar-refractivity contribution in [3.05, 3.63) is 46.3 Å². The first kappa shape index (κ1) is 13.1. The first-order valence-electron chi connectivity index (χ1n) is 6.95. The zero-order valence-corrected chi connectivity index (χ0v) is 12.5. The predicted molar refractivity (Wildman–Crippen MR) is 85.8 cm³/mol. The molecule has 0 aliphatic rings. The molecule has 0 atom stereocenters. The van der Waals surface area contributed by atoms with Crippen LogP contribution < -0.4 is 0 Å². The summed E-state index contributed by atoms with van der Waals surface area (Å²) in [6.07, 6.45) is 2.98. The highest BCUT2D eigenvalue weighted by Crippen LogP contribution is 2.34. The first-order valence-corrected chi connectivity index (χ1v) is 7.77. The minimum absolute atomic E-state index is 0.778. The summed E-state index contributed by atoms with van der Waals surface area (Å²) in [5.74, 6) is 0. The molecule has 0 aliphatic heterocycles. The molecule has 20 heavy (non-hydrogen) atoms. The molecule has 0 amide bonds. The number of fused-ring (bicyclic) bond motifs is 1. The molecule has 0 saturated carbocycles. The number of carbonyl (C=O) groups excluding carboxylic acids is 1. The Bertz CT molecular complexity index is 766. The molecule has 3 heteroatoms. The number of hydrogen-bond donors (Lipinski definition) is 1. The van der Waals surface area contributed by atoms with Gasteiger partial charge in [0.25, 0.3) is 0 Å². The summed E-state index contributed by atoms with van der Waals surface area (Å²) in [5.41, 5.74) is 4.02. The Balaban J connectivity index is 2.22. The molecule has 0 unspecified atom stereocenters. The van der Waals surface area contributed by atoms with E-state index in [0.717, 1.165) is 46.2 Å². The second-order valence-electron chi connectivity index (χ2n) is 4.88. The van der Waals surface area contributed by atoms with E-state index in [1.165, 1.54) is 10.4 Å². The molecule has 0 aliphatic carbocycles. The van der Waals surface area contributed by atoms with Crippen LogP contribution in [0.5, 0.6) is 0 Å². The minimum Gasteiger partial charge on any atom is -0.353 e. The van der Waals surface area contributed by atoms with E-state index in [0.29, 0.717) is 0 Å². The third kappa shape index (κ3) is 2.08. The largest absolute Gasteiger partial charge is 0.353 e. The molecule has 2 nitrogen and oxygen atoms in total. The van der Waals surface area contributed by atoms with Crippen LogP contribution in [-0.2, 0) is 12.8 Å². The normalized spacial score (nSPS) is 11.1. The van der Waals surface area contributed by atoms with Crippen molar-refractivity contribution >= 4 is 28.5 Å². The zero-order chi connectivity index (χ0) is 14.1. The van der Waals surface area contributed by atoms with Gasteiger partial charge in [-0.2, -0.15) is 0 Å². The molecule has 0 radical (unpaired) electrons. The van der Waals surface area contributed by atoms with Gasteiger partial charge in [-0.25, -0.2) is 0 Å². The summed E-state index contributed by atoms with van der Waals surface area (Å²) in [4.78, 5) is 17.4. The van der Waals surface area contributed by atoms with Crippen molar-refractivity contribution in [1.82, 2.24) is 4.98 Å². The lowest BCUT2D eigenvalue weighted by atomic mass is 10.1. The van der Waals surface area contributed by atoms with E-state index in [1.54, 1.807) is 11.3 Å². The van der Waals surface area contributed by atoms with Gasteiger partial charge in [0, 0.05) is 21.3 Å². The lowest BCUT2D eigenvalue weighted by Crippen LogP contribution is -1.82. The minimum atomic E-state index is 0.778. The fourth-order valence-corrected chi connectivity index (χ4v) is 3.46. The van der Waals surface area contributed by atoms with Crippen LogP contribution >= 0.6 is 11.3 Å². The first-order chi connectivity index (χ1) is 9.76. The zero-order valence-electron chi connectivity index (χ0n) is 11.7. The lowest BCUT2D eigenvalue weighted by molar-refractivity contribution is 0.112. The van der Waals surface area contributed by atoms with Crippen molar-refractivity contribution in [2.45, 2.75) is 26.7 Å². The number of aryl methyl sites for hydroxylation is 2. The molecule has 1 aromatic carbocycles. The smallest absolute Gasteiger partial charge is 0.152 e. The maximum absolute atomic E-state index is 11.5. The molecule has 2 aromatic heterocycles. The number of thiophene rings is 1. The van der Waals surface area contributed by atoms with Gasteiger partial charge in [0.05, 0.1) is 10.6 Å². The van der Waals surface area contributed by atoms with Gasteiger partial charge in [-0.1, -0.05) is 19.9 Å². The summed E-state index contributed by atoms with van der Waals surface area (Å²) in [6.45, 7) is 4.27. The Kier molecular flexibility index (Phi) is 3.45. The molecule has 0 fully saturated rings. The summed E-state index contributed by atoms with van der Waals surface area (Å²) >= 11 is 1.75. The Morgan fingerprint density at radius 2 is 2.00 bits per heavy atom. The van der Waals surface area contributed by atoms with Crippen LogP contribution in [0.15, 0.2) is 30.3 Å². The quantitative estimate of drug-likeness (QED) is 0.683. The average molecular weight is 283 g/mol. The number of aldehydes is 1. The Morgan fingerprint density at radius 1 is 1.15 bits per heavy atom. The van der Waals surface area contributed by atoms with Gasteiger partial charge in [-0.05, 0) is 42.7 Å². The van der Waals surface area contributed by atoms with Gasteiger partial charge >= 0.3 is 0 Å². The van der Waals surface area contributed by atoms with Gasteiger partial charge in [0.2, 0.25) is 0 Å². The van der Waals surface area contributed by atoms with Crippen LogP contribution in [0.3, 0.4) is 0 Å². The van der Waals surface area contributed by atoms with Crippen LogP contribution in [-0.4, -0.2) is 11.3 Å². The SMILES string of the molecule is CCc1ccc2[nH]c(-c3ccc(CC)s3)c(C=O)c2c1. The van der Waals surface area contributed by atoms with Gasteiger partial charge in [0.1, 0.15) is 0 Å². The summed E-state index contributed by atoms with van der Waals surface area (Å²) in [5, 5.41) is 1.03. The number of nitrogens with one attached hydrogen (secondary N) is 1. The van der Waals surface area contributed by atoms with Crippen molar-refractivity contribution in [3.63, 3.8) is 0 Å². The predicted octanol–water partition coefficient (Wildman–Crippen LogP) is 4.83. The third-order valence-electron chi connectivity index (χ3n) is 3.69. The van der Waals surface area contributed by atoms with E-state index in [2.05, 4.69) is 49.2 Å². The van der Waals surface area contributed by atoms with E-state index in [-0.39, 0.29) is 0 Å². The number of H-pyrrole nitrogens is 1. The molecule has 2 heterocycles. The van der Waals surface area contributed by atoms with Crippen molar-refractivity contribution in [1.29, 1.82) is 0 Å². The Hall–Kier alpha value is -1.87. The molecule has 0 bridgehead atoms. The van der Waals surface area contributed by atoms with Gasteiger partial charge in [-0.3, -0.25) is 4.79 Å². The van der Waals surface area contributed by atoms with Crippen LogP contribution in [0.2, 0.25) is 0 Å². The van der Waals surface area contributed by atoms with Crippen LogP contribution in [0.1, 0.15) is 34.6 Å². The Labute approximate surface area is 122 Å². The summed E-state index contributed by atoms with van der Waals surface area (Å²) < 4.78 is 0. The van der Waals surface area contributed by atoms with E-state index >= 15 is 0 Å². The average Bonchev–Trinajstić information content (AvgIpc) is 3.09. The number of benzene rings is 1. The Morgan fingerprint density at radius 3 is 2.65 bits per heavy atom. The van der Waals surface area contributed by atoms with Crippen molar-refractivity contribution in [2.75, 3.05) is 0 Å². The molecular formula is C17H17NOS. The fraction of sp³-hybridized carbons (Fsp3) is 0.235. The van der Waals surface area contributed by atoms with Gasteiger partial charge < -0.3 is 4.98 Å². The third-order valence-corrected chi connectivity index (χ3v) is 4.93. The molecule has 3 aromatic rings. The second-order valence-corrected chi connectivity index (χ2v) is 6.05. The highest BCUT2D eigenvalue weighted by atomic mass is 32.1. The van der Waals surface area contributed by atoms with Crippen molar-refractivity contribution < 1.29 is 4.79 Å². The highest BCUT2D eigenvalue weighted by Gasteiger charge is 2.14. The molecule has 1 N–H and O–H groups in total.